The fraction of sp³-hybridized carbons (Fsp3) is 0.200. The van der Waals surface area contributed by atoms with Crippen LogP contribution in [0.4, 0.5) is 4.39 Å². The average Bonchev–Trinajstić information content (AvgIpc) is 2.40. The zero-order chi connectivity index (χ0) is 15.4. The van der Waals surface area contributed by atoms with E-state index in [4.69, 9.17) is 10.5 Å². The second-order valence-electron chi connectivity index (χ2n) is 4.45. The maximum atomic E-state index is 13.1. The topological polar surface area (TPSA) is 35.2 Å². The van der Waals surface area contributed by atoms with Crippen molar-refractivity contribution in [3.05, 3.63) is 60.7 Å². The van der Waals surface area contributed by atoms with Gasteiger partial charge in [0.25, 0.3) is 0 Å². The van der Waals surface area contributed by atoms with Crippen LogP contribution in [0.1, 0.15) is 11.1 Å². The lowest BCUT2D eigenvalue weighted by Gasteiger charge is -2.13. The summed E-state index contributed by atoms with van der Waals surface area (Å²) in [5.74, 6) is 0.436. The lowest BCUT2D eigenvalue weighted by atomic mass is 10.1. The molecule has 6 heteroatoms. The van der Waals surface area contributed by atoms with Crippen LogP contribution in [0.5, 0.6) is 5.75 Å². The molecule has 2 N–H and O–H groups in total. The van der Waals surface area contributed by atoms with E-state index in [0.717, 1.165) is 26.5 Å². The third-order valence-corrected chi connectivity index (χ3v) is 4.79. The van der Waals surface area contributed by atoms with E-state index in [2.05, 4.69) is 47.8 Å². The molecule has 2 aromatic rings. The normalized spacial score (nSPS) is 10.7. The maximum absolute atomic E-state index is 13.1. The van der Waals surface area contributed by atoms with E-state index in [-0.39, 0.29) is 5.82 Å². The first-order valence-corrected chi connectivity index (χ1v) is 8.64. The van der Waals surface area contributed by atoms with Gasteiger partial charge in [-0.2, -0.15) is 0 Å². The van der Waals surface area contributed by atoms with E-state index in [1.165, 1.54) is 12.1 Å². The molecule has 0 unspecified atom stereocenters. The van der Waals surface area contributed by atoms with Crippen molar-refractivity contribution in [1.29, 1.82) is 0 Å². The Morgan fingerprint density at radius 3 is 2.24 bits per heavy atom. The summed E-state index contributed by atoms with van der Waals surface area (Å²) >= 11 is 10.3. The van der Waals surface area contributed by atoms with Gasteiger partial charge in [-0.3, -0.25) is 0 Å². The summed E-state index contributed by atoms with van der Waals surface area (Å²) in [7, 11) is 0. The summed E-state index contributed by atoms with van der Waals surface area (Å²) in [5.41, 5.74) is 7.57. The van der Waals surface area contributed by atoms with Crippen molar-refractivity contribution in [1.82, 2.24) is 0 Å². The Labute approximate surface area is 148 Å². The van der Waals surface area contributed by atoms with Crippen molar-refractivity contribution in [2.45, 2.75) is 13.0 Å². The van der Waals surface area contributed by atoms with Crippen LogP contribution in [-0.4, -0.2) is 6.54 Å². The first-order valence-electron chi connectivity index (χ1n) is 6.26. The lowest BCUT2D eigenvalue weighted by molar-refractivity contribution is 0.301. The van der Waals surface area contributed by atoms with Gasteiger partial charge in [0.15, 0.2) is 0 Å². The molecule has 21 heavy (non-hydrogen) atoms. The largest absolute Gasteiger partial charge is 0.486 e. The summed E-state index contributed by atoms with van der Waals surface area (Å²) in [6.07, 6.45) is 0.807. The van der Waals surface area contributed by atoms with Crippen LogP contribution < -0.4 is 10.5 Å². The van der Waals surface area contributed by atoms with Gasteiger partial charge in [0.05, 0.1) is 8.95 Å². The molecule has 2 nitrogen and oxygen atoms in total. The third-order valence-electron chi connectivity index (χ3n) is 2.88. The molecule has 2 aromatic carbocycles. The lowest BCUT2D eigenvalue weighted by Crippen LogP contribution is -2.03. The Bertz CT molecular complexity index is 626. The van der Waals surface area contributed by atoms with Crippen molar-refractivity contribution in [3.63, 3.8) is 0 Å². The first kappa shape index (κ1) is 16.9. The smallest absolute Gasteiger partial charge is 0.148 e. The standard InChI is InChI=1S/C15H13Br3FNO/c16-12-7-11(19)2-1-10(12)8-21-15-13(17)5-9(3-4-20)6-14(15)18/h1-2,5-7H,3-4,8,20H2. The number of rotatable bonds is 5. The molecular formula is C15H13Br3FNO. The van der Waals surface area contributed by atoms with E-state index in [0.29, 0.717) is 23.4 Å². The molecule has 0 bridgehead atoms. The molecule has 0 radical (unpaired) electrons. The number of hydrogen-bond acceptors (Lipinski definition) is 2. The minimum absolute atomic E-state index is 0.279. The van der Waals surface area contributed by atoms with Crippen molar-refractivity contribution in [2.75, 3.05) is 6.54 Å². The molecular weight excluding hydrogens is 469 g/mol. The Hall–Kier alpha value is -0.430. The SMILES string of the molecule is NCCc1cc(Br)c(OCc2ccc(F)cc2Br)c(Br)c1. The van der Waals surface area contributed by atoms with Crippen molar-refractivity contribution in [3.8, 4) is 5.75 Å². The summed E-state index contributed by atoms with van der Waals surface area (Å²) in [6, 6.07) is 8.52. The number of ether oxygens (including phenoxy) is 1. The number of nitrogens with two attached hydrogens (primary N) is 1. The molecule has 0 amide bonds. The Morgan fingerprint density at radius 1 is 1.00 bits per heavy atom. The monoisotopic (exact) mass is 479 g/mol. The Morgan fingerprint density at radius 2 is 1.67 bits per heavy atom. The first-order chi connectivity index (χ1) is 10.0. The van der Waals surface area contributed by atoms with Crippen LogP contribution in [0.2, 0.25) is 0 Å². The van der Waals surface area contributed by atoms with Crippen LogP contribution >= 0.6 is 47.8 Å². The van der Waals surface area contributed by atoms with Crippen molar-refractivity contribution in [2.24, 2.45) is 5.73 Å². The van der Waals surface area contributed by atoms with Gasteiger partial charge in [0, 0.05) is 10.0 Å². The molecule has 112 valence electrons. The van der Waals surface area contributed by atoms with Gasteiger partial charge in [-0.15, -0.1) is 0 Å². The molecule has 0 heterocycles. The molecule has 0 aliphatic carbocycles. The minimum Gasteiger partial charge on any atom is -0.486 e. The molecule has 0 spiro atoms. The van der Waals surface area contributed by atoms with Crippen molar-refractivity contribution >= 4 is 47.8 Å². The van der Waals surface area contributed by atoms with E-state index in [9.17, 15) is 4.39 Å². The Kier molecular flexibility index (Phi) is 6.22. The third kappa shape index (κ3) is 4.52. The van der Waals surface area contributed by atoms with Crippen LogP contribution in [-0.2, 0) is 13.0 Å². The molecule has 0 aliphatic heterocycles. The van der Waals surface area contributed by atoms with Crippen LogP contribution in [0.15, 0.2) is 43.7 Å². The zero-order valence-electron chi connectivity index (χ0n) is 11.0. The molecule has 0 fully saturated rings. The highest BCUT2D eigenvalue weighted by molar-refractivity contribution is 9.11. The predicted octanol–water partition coefficient (Wildman–Crippen LogP) is 5.19. The van der Waals surface area contributed by atoms with Crippen molar-refractivity contribution < 1.29 is 9.13 Å². The van der Waals surface area contributed by atoms with Gasteiger partial charge in [-0.05, 0) is 74.7 Å². The summed E-state index contributed by atoms with van der Waals surface area (Å²) in [5, 5.41) is 0. The zero-order valence-corrected chi connectivity index (χ0v) is 15.8. The van der Waals surface area contributed by atoms with E-state index in [1.807, 2.05) is 12.1 Å². The molecule has 0 aliphatic rings. The molecule has 0 atom stereocenters. The highest BCUT2D eigenvalue weighted by Gasteiger charge is 2.10. The van der Waals surface area contributed by atoms with E-state index < -0.39 is 0 Å². The maximum Gasteiger partial charge on any atom is 0.148 e. The van der Waals surface area contributed by atoms with Gasteiger partial charge in [-0.1, -0.05) is 22.0 Å². The van der Waals surface area contributed by atoms with Gasteiger partial charge in [-0.25, -0.2) is 4.39 Å². The average molecular weight is 482 g/mol. The number of halogens is 4. The van der Waals surface area contributed by atoms with Crippen LogP contribution in [0.25, 0.3) is 0 Å². The molecule has 0 saturated carbocycles. The highest BCUT2D eigenvalue weighted by Crippen LogP contribution is 2.35. The minimum atomic E-state index is -0.279. The molecule has 0 aromatic heterocycles. The predicted molar refractivity (Wildman–Crippen MR) is 93.0 cm³/mol. The molecule has 2 rings (SSSR count). The van der Waals surface area contributed by atoms with Gasteiger partial charge in [0.2, 0.25) is 0 Å². The second kappa shape index (κ2) is 7.72. The fourth-order valence-corrected chi connectivity index (χ4v) is 3.83. The van der Waals surface area contributed by atoms with E-state index in [1.54, 1.807) is 6.07 Å². The van der Waals surface area contributed by atoms with Crippen LogP contribution in [0.3, 0.4) is 0 Å². The molecule has 0 saturated heterocycles. The van der Waals surface area contributed by atoms with E-state index >= 15 is 0 Å². The number of benzene rings is 2. The van der Waals surface area contributed by atoms with Crippen LogP contribution in [0, 0.1) is 5.82 Å². The quantitative estimate of drug-likeness (QED) is 0.637. The van der Waals surface area contributed by atoms with Gasteiger partial charge in [0.1, 0.15) is 18.2 Å². The summed E-state index contributed by atoms with van der Waals surface area (Å²) in [6.45, 7) is 0.940. The fourth-order valence-electron chi connectivity index (χ4n) is 1.85. The second-order valence-corrected chi connectivity index (χ2v) is 7.01. The summed E-state index contributed by atoms with van der Waals surface area (Å²) < 4.78 is 21.3. The van der Waals surface area contributed by atoms with Gasteiger partial charge >= 0.3 is 0 Å². The highest BCUT2D eigenvalue weighted by atomic mass is 79.9. The van der Waals surface area contributed by atoms with Gasteiger partial charge < -0.3 is 10.5 Å². The summed E-state index contributed by atoms with van der Waals surface area (Å²) in [4.78, 5) is 0. The number of hydrogen-bond donors (Lipinski definition) is 1. The Balaban J connectivity index is 2.16.